The van der Waals surface area contributed by atoms with Crippen LogP contribution in [-0.4, -0.2) is 0 Å². The number of hydrogen-bond donors (Lipinski definition) is 2. The van der Waals surface area contributed by atoms with Gasteiger partial charge >= 0.3 is 0 Å². The van der Waals surface area contributed by atoms with Crippen molar-refractivity contribution in [3.8, 4) is 0 Å². The van der Waals surface area contributed by atoms with Crippen LogP contribution < -0.4 is 11.5 Å². The van der Waals surface area contributed by atoms with Gasteiger partial charge in [0.25, 0.3) is 0 Å². The molecule has 0 fully saturated rings. The molecule has 1 aromatic rings. The van der Waals surface area contributed by atoms with Gasteiger partial charge in [0, 0.05) is 28.2 Å². The van der Waals surface area contributed by atoms with Crippen molar-refractivity contribution in [2.24, 2.45) is 0 Å². The average molecular weight is 167 g/mol. The Bertz CT molecular complexity index is 171. The molecule has 4 N–H and O–H groups in total. The maximum absolute atomic E-state index is 5.38. The summed E-state index contributed by atoms with van der Waals surface area (Å²) in [6.45, 7) is 0. The first-order valence-electron chi connectivity index (χ1n) is 2.40. The Kier molecular flexibility index (Phi) is 3.12. The third-order valence-corrected chi connectivity index (χ3v) is 0.911. The summed E-state index contributed by atoms with van der Waals surface area (Å²) in [4.78, 5) is 0. The van der Waals surface area contributed by atoms with Crippen molar-refractivity contribution >= 4 is 11.4 Å². The Morgan fingerprint density at radius 2 is 1.44 bits per heavy atom. The summed E-state index contributed by atoms with van der Waals surface area (Å²) < 4.78 is 0. The minimum absolute atomic E-state index is 0. The molecule has 3 heteroatoms. The molecule has 0 bridgehead atoms. The van der Waals surface area contributed by atoms with Crippen LogP contribution in [0.5, 0.6) is 0 Å². The molecule has 0 aliphatic rings. The first kappa shape index (κ1) is 8.33. The smallest absolute Gasteiger partial charge is 0.0334 e. The Morgan fingerprint density at radius 3 is 1.67 bits per heavy atom. The van der Waals surface area contributed by atoms with Crippen LogP contribution >= 0.6 is 0 Å². The molecule has 0 heterocycles. The van der Waals surface area contributed by atoms with E-state index in [0.29, 0.717) is 11.4 Å². The number of benzene rings is 1. The molecule has 0 amide bonds. The van der Waals surface area contributed by atoms with E-state index in [-0.39, 0.29) is 16.8 Å². The molecule has 0 aromatic heterocycles. The van der Waals surface area contributed by atoms with Crippen molar-refractivity contribution in [2.75, 3.05) is 11.5 Å². The van der Waals surface area contributed by atoms with Gasteiger partial charge in [0.1, 0.15) is 0 Å². The molecule has 9 heavy (non-hydrogen) atoms. The molecule has 0 atom stereocenters. The van der Waals surface area contributed by atoms with E-state index in [4.69, 9.17) is 11.5 Å². The monoisotopic (exact) mass is 167 g/mol. The molecule has 0 saturated heterocycles. The minimum atomic E-state index is 0. The predicted octanol–water partition coefficient (Wildman–Crippen LogP) is 0.849. The fourth-order valence-electron chi connectivity index (χ4n) is 0.559. The SMILES string of the molecule is Nc1cccc(N)c1.[Co]. The van der Waals surface area contributed by atoms with Crippen molar-refractivity contribution in [1.82, 2.24) is 0 Å². The summed E-state index contributed by atoms with van der Waals surface area (Å²) in [5, 5.41) is 0. The zero-order chi connectivity index (χ0) is 5.98. The van der Waals surface area contributed by atoms with Crippen LogP contribution in [0.1, 0.15) is 0 Å². The minimum Gasteiger partial charge on any atom is -0.399 e. The van der Waals surface area contributed by atoms with Crippen LogP contribution in [-0.2, 0) is 16.8 Å². The van der Waals surface area contributed by atoms with Gasteiger partial charge in [-0.1, -0.05) is 6.07 Å². The van der Waals surface area contributed by atoms with E-state index in [1.165, 1.54) is 0 Å². The van der Waals surface area contributed by atoms with Gasteiger partial charge in [0.05, 0.1) is 0 Å². The van der Waals surface area contributed by atoms with Crippen molar-refractivity contribution in [1.29, 1.82) is 0 Å². The molecule has 0 saturated carbocycles. The van der Waals surface area contributed by atoms with Gasteiger partial charge in [-0.15, -0.1) is 0 Å². The van der Waals surface area contributed by atoms with Crippen molar-refractivity contribution in [2.45, 2.75) is 0 Å². The Balaban J connectivity index is 0.000000640. The molecular formula is C6H8CoN2. The van der Waals surface area contributed by atoms with E-state index in [1.54, 1.807) is 18.2 Å². The van der Waals surface area contributed by atoms with Crippen LogP contribution in [0.2, 0.25) is 0 Å². The first-order chi connectivity index (χ1) is 3.79. The second-order valence-electron chi connectivity index (χ2n) is 1.67. The van der Waals surface area contributed by atoms with Crippen LogP contribution in [0.25, 0.3) is 0 Å². The number of nitrogen functional groups attached to an aromatic ring is 2. The van der Waals surface area contributed by atoms with E-state index >= 15 is 0 Å². The van der Waals surface area contributed by atoms with E-state index < -0.39 is 0 Å². The van der Waals surface area contributed by atoms with Gasteiger partial charge in [-0.05, 0) is 18.2 Å². The molecule has 0 aliphatic heterocycles. The Labute approximate surface area is 64.4 Å². The second kappa shape index (κ2) is 3.37. The summed E-state index contributed by atoms with van der Waals surface area (Å²) in [6.07, 6.45) is 0. The molecule has 1 radical (unpaired) electrons. The molecule has 2 nitrogen and oxygen atoms in total. The van der Waals surface area contributed by atoms with Crippen LogP contribution in [0.4, 0.5) is 11.4 Å². The van der Waals surface area contributed by atoms with Crippen molar-refractivity contribution < 1.29 is 16.8 Å². The summed E-state index contributed by atoms with van der Waals surface area (Å²) >= 11 is 0. The molecular weight excluding hydrogens is 159 g/mol. The summed E-state index contributed by atoms with van der Waals surface area (Å²) in [5.41, 5.74) is 12.2. The third-order valence-electron chi connectivity index (χ3n) is 0.911. The van der Waals surface area contributed by atoms with Crippen molar-refractivity contribution in [3.05, 3.63) is 24.3 Å². The van der Waals surface area contributed by atoms with E-state index in [1.807, 2.05) is 6.07 Å². The largest absolute Gasteiger partial charge is 0.399 e. The Hall–Kier alpha value is -0.674. The number of rotatable bonds is 0. The van der Waals surface area contributed by atoms with Crippen LogP contribution in [0, 0.1) is 0 Å². The second-order valence-corrected chi connectivity index (χ2v) is 1.67. The zero-order valence-corrected chi connectivity index (χ0v) is 5.84. The van der Waals surface area contributed by atoms with Gasteiger partial charge in [0.2, 0.25) is 0 Å². The maximum atomic E-state index is 5.38. The van der Waals surface area contributed by atoms with Gasteiger partial charge in [-0.25, -0.2) is 0 Å². The van der Waals surface area contributed by atoms with Gasteiger partial charge < -0.3 is 11.5 Å². The summed E-state index contributed by atoms with van der Waals surface area (Å²) in [7, 11) is 0. The molecule has 0 aliphatic carbocycles. The molecule has 1 rings (SSSR count). The topological polar surface area (TPSA) is 52.0 Å². The normalized spacial score (nSPS) is 8.00. The maximum Gasteiger partial charge on any atom is 0.0334 e. The van der Waals surface area contributed by atoms with Gasteiger partial charge in [0.15, 0.2) is 0 Å². The van der Waals surface area contributed by atoms with E-state index in [0.717, 1.165) is 0 Å². The number of anilines is 2. The molecule has 1 aromatic carbocycles. The summed E-state index contributed by atoms with van der Waals surface area (Å²) in [5.74, 6) is 0. The molecule has 0 spiro atoms. The van der Waals surface area contributed by atoms with Crippen molar-refractivity contribution in [3.63, 3.8) is 0 Å². The van der Waals surface area contributed by atoms with Gasteiger partial charge in [-0.2, -0.15) is 0 Å². The number of hydrogen-bond acceptors (Lipinski definition) is 2. The third kappa shape index (κ3) is 2.39. The molecule has 0 unspecified atom stereocenters. The zero-order valence-electron chi connectivity index (χ0n) is 4.80. The van der Waals surface area contributed by atoms with E-state index in [2.05, 4.69) is 0 Å². The van der Waals surface area contributed by atoms with Gasteiger partial charge in [-0.3, -0.25) is 0 Å². The van der Waals surface area contributed by atoms with E-state index in [9.17, 15) is 0 Å². The molecule has 51 valence electrons. The summed E-state index contributed by atoms with van der Waals surface area (Å²) in [6, 6.07) is 7.15. The first-order valence-corrected chi connectivity index (χ1v) is 2.40. The average Bonchev–Trinajstić information content (AvgIpc) is 1.64. The van der Waals surface area contributed by atoms with Crippen LogP contribution in [0.15, 0.2) is 24.3 Å². The van der Waals surface area contributed by atoms with Crippen LogP contribution in [0.3, 0.4) is 0 Å². The standard InChI is InChI=1S/C6H8N2.Co/c7-5-2-1-3-6(8)4-5;/h1-4H,7-8H2;. The predicted molar refractivity (Wildman–Crippen MR) is 35.3 cm³/mol. The fourth-order valence-corrected chi connectivity index (χ4v) is 0.559. The number of nitrogens with two attached hydrogens (primary N) is 2. The quantitative estimate of drug-likeness (QED) is 0.562. The fraction of sp³-hybridized carbons (Fsp3) is 0. The Morgan fingerprint density at radius 1 is 1.00 bits per heavy atom.